The highest BCUT2D eigenvalue weighted by atomic mass is 79.9. The first-order chi connectivity index (χ1) is 10.6. The Morgan fingerprint density at radius 1 is 1.23 bits per heavy atom. The summed E-state index contributed by atoms with van der Waals surface area (Å²) < 4.78 is 14.5. The van der Waals surface area contributed by atoms with Crippen LogP contribution in [0, 0.1) is 5.82 Å². The molecule has 2 aromatic carbocycles. The van der Waals surface area contributed by atoms with Crippen LogP contribution < -0.4 is 5.32 Å². The first kappa shape index (κ1) is 17.0. The van der Waals surface area contributed by atoms with E-state index in [2.05, 4.69) is 21.2 Å². The molecular formula is C17H17BrFNOS. The molecule has 0 saturated carbocycles. The molecule has 2 aromatic rings. The van der Waals surface area contributed by atoms with Gasteiger partial charge in [-0.05, 0) is 30.7 Å². The number of halogens is 2. The van der Waals surface area contributed by atoms with Crippen LogP contribution >= 0.6 is 27.7 Å². The number of nitrogens with one attached hydrogen (secondary N) is 1. The first-order valence-corrected chi connectivity index (χ1v) is 8.77. The maximum atomic E-state index is 13.5. The molecule has 0 aliphatic carbocycles. The van der Waals surface area contributed by atoms with Crippen LogP contribution in [0.3, 0.4) is 0 Å². The molecule has 1 N–H and O–H groups in total. The summed E-state index contributed by atoms with van der Waals surface area (Å²) in [6.45, 7) is 2.08. The van der Waals surface area contributed by atoms with E-state index in [0.29, 0.717) is 5.56 Å². The maximum Gasteiger partial charge on any atom is 0.233 e. The van der Waals surface area contributed by atoms with Crippen LogP contribution in [-0.2, 0) is 17.1 Å². The van der Waals surface area contributed by atoms with Crippen molar-refractivity contribution in [3.05, 3.63) is 69.9 Å². The van der Waals surface area contributed by atoms with Crippen molar-refractivity contribution in [3.8, 4) is 0 Å². The van der Waals surface area contributed by atoms with Crippen LogP contribution in [-0.4, -0.2) is 11.2 Å². The minimum Gasteiger partial charge on any atom is -0.351 e. The highest BCUT2D eigenvalue weighted by molar-refractivity contribution is 9.10. The van der Waals surface area contributed by atoms with Crippen LogP contribution in [0.4, 0.5) is 4.39 Å². The lowest BCUT2D eigenvalue weighted by Gasteiger charge is -2.12. The van der Waals surface area contributed by atoms with Gasteiger partial charge in [0.05, 0.1) is 5.25 Å². The molecule has 0 aliphatic heterocycles. The van der Waals surface area contributed by atoms with E-state index < -0.39 is 0 Å². The van der Waals surface area contributed by atoms with Crippen molar-refractivity contribution in [2.45, 2.75) is 24.5 Å². The van der Waals surface area contributed by atoms with Gasteiger partial charge < -0.3 is 5.32 Å². The summed E-state index contributed by atoms with van der Waals surface area (Å²) in [4.78, 5) is 12.0. The second-order valence-electron chi connectivity index (χ2n) is 4.89. The predicted molar refractivity (Wildman–Crippen MR) is 93.1 cm³/mol. The van der Waals surface area contributed by atoms with E-state index in [4.69, 9.17) is 0 Å². The van der Waals surface area contributed by atoms with Gasteiger partial charge in [-0.2, -0.15) is 0 Å². The van der Waals surface area contributed by atoms with Gasteiger partial charge in [0, 0.05) is 22.3 Å². The highest BCUT2D eigenvalue weighted by Gasteiger charge is 2.13. The number of hydrogen-bond acceptors (Lipinski definition) is 2. The third-order valence-corrected chi connectivity index (χ3v) is 4.94. The fourth-order valence-corrected chi connectivity index (χ4v) is 2.98. The Bertz CT molecular complexity index is 633. The van der Waals surface area contributed by atoms with Gasteiger partial charge in [-0.1, -0.05) is 46.3 Å². The Morgan fingerprint density at radius 3 is 2.59 bits per heavy atom. The van der Waals surface area contributed by atoms with Gasteiger partial charge in [-0.15, -0.1) is 11.8 Å². The second kappa shape index (κ2) is 8.34. The third-order valence-electron chi connectivity index (χ3n) is 3.19. The minimum absolute atomic E-state index is 0.0784. The van der Waals surface area contributed by atoms with Crippen molar-refractivity contribution in [1.82, 2.24) is 5.32 Å². The topological polar surface area (TPSA) is 29.1 Å². The SMILES string of the molecule is C[C@H](SCc1ccc(Br)cc1)C(=O)NCc1ccccc1F. The quantitative estimate of drug-likeness (QED) is 0.796. The van der Waals surface area contributed by atoms with E-state index in [0.717, 1.165) is 10.2 Å². The zero-order chi connectivity index (χ0) is 15.9. The lowest BCUT2D eigenvalue weighted by Crippen LogP contribution is -2.30. The summed E-state index contributed by atoms with van der Waals surface area (Å²) in [6, 6.07) is 14.5. The first-order valence-electron chi connectivity index (χ1n) is 6.93. The van der Waals surface area contributed by atoms with Gasteiger partial charge in [-0.25, -0.2) is 4.39 Å². The number of thioether (sulfide) groups is 1. The van der Waals surface area contributed by atoms with Crippen LogP contribution in [0.1, 0.15) is 18.1 Å². The number of rotatable bonds is 6. The number of hydrogen-bond donors (Lipinski definition) is 1. The van der Waals surface area contributed by atoms with E-state index >= 15 is 0 Å². The number of carbonyl (C=O) groups is 1. The number of benzene rings is 2. The Morgan fingerprint density at radius 2 is 1.91 bits per heavy atom. The number of amides is 1. The van der Waals surface area contributed by atoms with Crippen molar-refractivity contribution in [3.63, 3.8) is 0 Å². The molecule has 0 spiro atoms. The average molecular weight is 382 g/mol. The van der Waals surface area contributed by atoms with E-state index in [1.165, 1.54) is 11.6 Å². The van der Waals surface area contributed by atoms with Gasteiger partial charge in [0.15, 0.2) is 0 Å². The Hall–Kier alpha value is -1.33. The van der Waals surface area contributed by atoms with Crippen molar-refractivity contribution >= 4 is 33.6 Å². The molecule has 1 amide bonds. The van der Waals surface area contributed by atoms with Gasteiger partial charge in [0.1, 0.15) is 5.82 Å². The molecule has 0 saturated heterocycles. The molecule has 116 valence electrons. The molecule has 0 fully saturated rings. The highest BCUT2D eigenvalue weighted by Crippen LogP contribution is 2.19. The van der Waals surface area contributed by atoms with E-state index in [1.54, 1.807) is 30.0 Å². The van der Waals surface area contributed by atoms with Crippen LogP contribution in [0.25, 0.3) is 0 Å². The Labute approximate surface area is 142 Å². The normalized spacial score (nSPS) is 12.0. The van der Waals surface area contributed by atoms with Crippen molar-refractivity contribution in [2.24, 2.45) is 0 Å². The zero-order valence-corrected chi connectivity index (χ0v) is 14.6. The molecule has 5 heteroatoms. The van der Waals surface area contributed by atoms with Crippen LogP contribution in [0.5, 0.6) is 0 Å². The molecule has 0 unspecified atom stereocenters. The van der Waals surface area contributed by atoms with Crippen molar-refractivity contribution in [2.75, 3.05) is 0 Å². The molecule has 1 atom stereocenters. The molecule has 0 radical (unpaired) electrons. The van der Waals surface area contributed by atoms with Gasteiger partial charge in [0.25, 0.3) is 0 Å². The Kier molecular flexibility index (Phi) is 6.46. The summed E-state index contributed by atoms with van der Waals surface area (Å²) in [5.74, 6) is 0.394. The second-order valence-corrected chi connectivity index (χ2v) is 7.13. The summed E-state index contributed by atoms with van der Waals surface area (Å²) >= 11 is 4.96. The standard InChI is InChI=1S/C17H17BrFNOS/c1-12(22-11-13-6-8-15(18)9-7-13)17(21)20-10-14-4-2-3-5-16(14)19/h2-9,12H,10-11H2,1H3,(H,20,21)/t12-/m0/s1. The summed E-state index contributed by atoms with van der Waals surface area (Å²) in [7, 11) is 0. The fourth-order valence-electron chi connectivity index (χ4n) is 1.85. The van der Waals surface area contributed by atoms with Crippen molar-refractivity contribution < 1.29 is 9.18 Å². The fraction of sp³-hybridized carbons (Fsp3) is 0.235. The van der Waals surface area contributed by atoms with Gasteiger partial charge >= 0.3 is 0 Å². The molecule has 0 bridgehead atoms. The predicted octanol–water partition coefficient (Wildman–Crippen LogP) is 4.53. The lowest BCUT2D eigenvalue weighted by molar-refractivity contribution is -0.120. The molecule has 2 rings (SSSR count). The molecular weight excluding hydrogens is 365 g/mol. The van der Waals surface area contributed by atoms with Crippen LogP contribution in [0.15, 0.2) is 53.0 Å². The molecule has 0 heterocycles. The Balaban J connectivity index is 1.79. The van der Waals surface area contributed by atoms with E-state index in [1.807, 2.05) is 31.2 Å². The smallest absolute Gasteiger partial charge is 0.233 e. The largest absolute Gasteiger partial charge is 0.351 e. The zero-order valence-electron chi connectivity index (χ0n) is 12.2. The lowest BCUT2D eigenvalue weighted by atomic mass is 10.2. The number of carbonyl (C=O) groups excluding carboxylic acids is 1. The molecule has 0 aromatic heterocycles. The molecule has 22 heavy (non-hydrogen) atoms. The van der Waals surface area contributed by atoms with Crippen LogP contribution in [0.2, 0.25) is 0 Å². The minimum atomic E-state index is -0.294. The summed E-state index contributed by atoms with van der Waals surface area (Å²) in [5, 5.41) is 2.59. The van der Waals surface area contributed by atoms with E-state index in [-0.39, 0.29) is 23.5 Å². The van der Waals surface area contributed by atoms with Gasteiger partial charge in [0.2, 0.25) is 5.91 Å². The molecule has 0 aliphatic rings. The summed E-state index contributed by atoms with van der Waals surface area (Å²) in [5.41, 5.74) is 1.67. The maximum absolute atomic E-state index is 13.5. The van der Waals surface area contributed by atoms with Crippen molar-refractivity contribution in [1.29, 1.82) is 0 Å². The average Bonchev–Trinajstić information content (AvgIpc) is 2.53. The van der Waals surface area contributed by atoms with E-state index in [9.17, 15) is 9.18 Å². The third kappa shape index (κ3) is 5.14. The molecule has 2 nitrogen and oxygen atoms in total. The summed E-state index contributed by atoms with van der Waals surface area (Å²) in [6.07, 6.45) is 0. The monoisotopic (exact) mass is 381 g/mol. The van der Waals surface area contributed by atoms with Gasteiger partial charge in [-0.3, -0.25) is 4.79 Å².